The molecule has 1 heterocycles. The minimum atomic E-state index is -0.733. The molecule has 140 valence electrons. The molecule has 1 saturated heterocycles. The number of carbonyl (C=O) groups is 2. The van der Waals surface area contributed by atoms with Gasteiger partial charge < -0.3 is 9.64 Å². The zero-order valence-electron chi connectivity index (χ0n) is 14.3. The molecule has 1 aliphatic heterocycles. The van der Waals surface area contributed by atoms with Crippen molar-refractivity contribution < 1.29 is 23.6 Å². The first-order valence-corrected chi connectivity index (χ1v) is 8.11. The molecule has 0 bridgehead atoms. The number of anilines is 1. The van der Waals surface area contributed by atoms with Crippen LogP contribution >= 0.6 is 0 Å². The van der Waals surface area contributed by atoms with E-state index in [0.29, 0.717) is 11.1 Å². The minimum Gasteiger partial charge on any atom is -0.442 e. The number of nitrogens with zero attached hydrogens (tertiary/aromatic N) is 2. The Kier molecular flexibility index (Phi) is 5.02. The number of hydrogen-bond acceptors (Lipinski definition) is 5. The molecule has 2 amide bonds. The fourth-order valence-electron chi connectivity index (χ4n) is 2.72. The molecular formula is C18H16FN3O5. The smallest absolute Gasteiger partial charge is 0.412 e. The zero-order chi connectivity index (χ0) is 19.6. The maximum Gasteiger partial charge on any atom is 0.412 e. The lowest BCUT2D eigenvalue weighted by Crippen LogP contribution is -2.55. The normalized spacial score (nSPS) is 13.6. The molecule has 1 aliphatic rings. The molecule has 2 aromatic carbocycles. The van der Waals surface area contributed by atoms with Crippen LogP contribution in [0.5, 0.6) is 0 Å². The van der Waals surface area contributed by atoms with Gasteiger partial charge in [0.15, 0.2) is 0 Å². The van der Waals surface area contributed by atoms with Gasteiger partial charge in [0.2, 0.25) is 0 Å². The number of benzene rings is 2. The van der Waals surface area contributed by atoms with Crippen molar-refractivity contribution >= 4 is 23.4 Å². The summed E-state index contributed by atoms with van der Waals surface area (Å²) in [4.78, 5) is 36.0. The molecule has 2 aromatic rings. The second-order valence-electron chi connectivity index (χ2n) is 6.13. The molecule has 0 aliphatic carbocycles. The van der Waals surface area contributed by atoms with Crippen molar-refractivity contribution in [2.24, 2.45) is 0 Å². The topological polar surface area (TPSA) is 102 Å². The number of carbonyl (C=O) groups excluding carboxylic acids is 2. The summed E-state index contributed by atoms with van der Waals surface area (Å²) in [6, 6.07) is 9.56. The Bertz CT molecular complexity index is 912. The van der Waals surface area contributed by atoms with Crippen molar-refractivity contribution in [2.75, 3.05) is 18.4 Å². The lowest BCUT2D eigenvalue weighted by molar-refractivity contribution is -0.385. The summed E-state index contributed by atoms with van der Waals surface area (Å²) in [6.45, 7) is 1.99. The van der Waals surface area contributed by atoms with Crippen LogP contribution in [0, 0.1) is 22.9 Å². The first-order valence-electron chi connectivity index (χ1n) is 8.11. The summed E-state index contributed by atoms with van der Waals surface area (Å²) < 4.78 is 18.2. The van der Waals surface area contributed by atoms with E-state index >= 15 is 0 Å². The Morgan fingerprint density at radius 3 is 2.63 bits per heavy atom. The summed E-state index contributed by atoms with van der Waals surface area (Å²) >= 11 is 0. The SMILES string of the molecule is Cc1cc(C(=O)N2CC(OC(=O)Nc3cccc(F)c3)C2)ccc1[N+](=O)[O-]. The van der Waals surface area contributed by atoms with Gasteiger partial charge in [-0.1, -0.05) is 6.07 Å². The molecule has 0 unspecified atom stereocenters. The molecule has 8 nitrogen and oxygen atoms in total. The van der Waals surface area contributed by atoms with Gasteiger partial charge in [-0.3, -0.25) is 20.2 Å². The van der Waals surface area contributed by atoms with E-state index in [1.54, 1.807) is 6.92 Å². The van der Waals surface area contributed by atoms with E-state index in [-0.39, 0.29) is 30.4 Å². The molecule has 27 heavy (non-hydrogen) atoms. The first-order chi connectivity index (χ1) is 12.8. The van der Waals surface area contributed by atoms with E-state index in [1.165, 1.54) is 41.3 Å². The Morgan fingerprint density at radius 2 is 2.00 bits per heavy atom. The van der Waals surface area contributed by atoms with Crippen molar-refractivity contribution in [3.05, 3.63) is 69.5 Å². The number of nitro benzene ring substituents is 1. The number of hydrogen-bond donors (Lipinski definition) is 1. The molecule has 0 saturated carbocycles. The van der Waals surface area contributed by atoms with Crippen LogP contribution in [0.3, 0.4) is 0 Å². The molecule has 0 radical (unpaired) electrons. The fraction of sp³-hybridized carbons (Fsp3) is 0.222. The van der Waals surface area contributed by atoms with Crippen LogP contribution in [0.4, 0.5) is 20.6 Å². The maximum atomic E-state index is 13.1. The van der Waals surface area contributed by atoms with E-state index in [9.17, 15) is 24.1 Å². The third-order valence-corrected chi connectivity index (χ3v) is 4.12. The Labute approximate surface area is 153 Å². The summed E-state index contributed by atoms with van der Waals surface area (Å²) in [5.74, 6) is -0.773. The van der Waals surface area contributed by atoms with E-state index in [1.807, 2.05) is 0 Å². The molecule has 9 heteroatoms. The summed E-state index contributed by atoms with van der Waals surface area (Å²) in [7, 11) is 0. The lowest BCUT2D eigenvalue weighted by atomic mass is 10.1. The lowest BCUT2D eigenvalue weighted by Gasteiger charge is -2.38. The van der Waals surface area contributed by atoms with E-state index in [4.69, 9.17) is 4.74 Å². The third-order valence-electron chi connectivity index (χ3n) is 4.12. The van der Waals surface area contributed by atoms with Gasteiger partial charge in [-0.15, -0.1) is 0 Å². The van der Waals surface area contributed by atoms with E-state index in [2.05, 4.69) is 5.32 Å². The van der Waals surface area contributed by atoms with Gasteiger partial charge in [0, 0.05) is 22.9 Å². The van der Waals surface area contributed by atoms with Crippen LogP contribution in [-0.2, 0) is 4.74 Å². The molecular weight excluding hydrogens is 357 g/mol. The second kappa shape index (κ2) is 7.40. The summed E-state index contributed by atoms with van der Waals surface area (Å²) in [5, 5.41) is 13.2. The van der Waals surface area contributed by atoms with Crippen LogP contribution in [-0.4, -0.2) is 41.0 Å². The summed E-state index contributed by atoms with van der Waals surface area (Å²) in [6.07, 6.45) is -1.20. The minimum absolute atomic E-state index is 0.0506. The van der Waals surface area contributed by atoms with Gasteiger partial charge >= 0.3 is 6.09 Å². The van der Waals surface area contributed by atoms with Gasteiger partial charge in [-0.25, -0.2) is 9.18 Å². The van der Waals surface area contributed by atoms with Gasteiger partial charge in [-0.2, -0.15) is 0 Å². The number of rotatable bonds is 4. The van der Waals surface area contributed by atoms with Crippen molar-refractivity contribution in [2.45, 2.75) is 13.0 Å². The van der Waals surface area contributed by atoms with Gasteiger partial charge in [0.25, 0.3) is 11.6 Å². The highest BCUT2D eigenvalue weighted by atomic mass is 19.1. The Balaban J connectivity index is 1.51. The highest BCUT2D eigenvalue weighted by Crippen LogP contribution is 2.22. The Hall–Kier alpha value is -3.49. The third kappa shape index (κ3) is 4.20. The molecule has 3 rings (SSSR count). The maximum absolute atomic E-state index is 13.1. The van der Waals surface area contributed by atoms with Crippen molar-refractivity contribution in [1.29, 1.82) is 0 Å². The molecule has 0 aromatic heterocycles. The highest BCUT2D eigenvalue weighted by molar-refractivity contribution is 5.95. The standard InChI is InChI=1S/C18H16FN3O5/c1-11-7-12(5-6-16(11)22(25)26)17(23)21-9-15(10-21)27-18(24)20-14-4-2-3-13(19)8-14/h2-8,15H,9-10H2,1H3,(H,20,24). The molecule has 0 spiro atoms. The van der Waals surface area contributed by atoms with Crippen LogP contribution in [0.1, 0.15) is 15.9 Å². The number of nitro groups is 1. The summed E-state index contributed by atoms with van der Waals surface area (Å²) in [5.41, 5.74) is 0.952. The number of aryl methyl sites for hydroxylation is 1. The average Bonchev–Trinajstić information content (AvgIpc) is 2.56. The molecule has 0 atom stereocenters. The monoisotopic (exact) mass is 373 g/mol. The van der Waals surface area contributed by atoms with Gasteiger partial charge in [0.05, 0.1) is 18.0 Å². The van der Waals surface area contributed by atoms with Crippen molar-refractivity contribution in [1.82, 2.24) is 4.90 Å². The largest absolute Gasteiger partial charge is 0.442 e. The number of ether oxygens (including phenoxy) is 1. The van der Waals surface area contributed by atoms with Crippen LogP contribution in [0.15, 0.2) is 42.5 Å². The quantitative estimate of drug-likeness (QED) is 0.655. The first kappa shape index (κ1) is 18.3. The van der Waals surface area contributed by atoms with Crippen LogP contribution in [0.2, 0.25) is 0 Å². The van der Waals surface area contributed by atoms with Crippen LogP contribution in [0.25, 0.3) is 0 Å². The zero-order valence-corrected chi connectivity index (χ0v) is 14.3. The second-order valence-corrected chi connectivity index (χ2v) is 6.13. The predicted octanol–water partition coefficient (Wildman–Crippen LogP) is 3.12. The number of amides is 2. The van der Waals surface area contributed by atoms with E-state index in [0.717, 1.165) is 6.07 Å². The number of nitrogens with one attached hydrogen (secondary N) is 1. The highest BCUT2D eigenvalue weighted by Gasteiger charge is 2.34. The van der Waals surface area contributed by atoms with Gasteiger partial charge in [-0.05, 0) is 37.3 Å². The predicted molar refractivity (Wildman–Crippen MR) is 94.0 cm³/mol. The fourth-order valence-corrected chi connectivity index (χ4v) is 2.72. The average molecular weight is 373 g/mol. The van der Waals surface area contributed by atoms with Gasteiger partial charge in [0.1, 0.15) is 11.9 Å². The Morgan fingerprint density at radius 1 is 1.26 bits per heavy atom. The number of likely N-dealkylation sites (tertiary alicyclic amines) is 1. The number of halogens is 1. The van der Waals surface area contributed by atoms with Crippen molar-refractivity contribution in [3.8, 4) is 0 Å². The molecule has 1 N–H and O–H groups in total. The van der Waals surface area contributed by atoms with Crippen molar-refractivity contribution in [3.63, 3.8) is 0 Å². The van der Waals surface area contributed by atoms with Crippen LogP contribution < -0.4 is 5.32 Å². The molecule has 1 fully saturated rings. The van der Waals surface area contributed by atoms with E-state index < -0.39 is 22.9 Å².